The lowest BCUT2D eigenvalue weighted by molar-refractivity contribution is -0.125. The summed E-state index contributed by atoms with van der Waals surface area (Å²) in [5.41, 5.74) is -0.504. The number of rotatable bonds is 3. The summed E-state index contributed by atoms with van der Waals surface area (Å²) in [5, 5.41) is 8.29. The monoisotopic (exact) mass is 334 g/mol. The van der Waals surface area contributed by atoms with Crippen molar-refractivity contribution in [2.45, 2.75) is 13.1 Å². The zero-order valence-electron chi connectivity index (χ0n) is 12.7. The van der Waals surface area contributed by atoms with E-state index in [-0.39, 0.29) is 6.54 Å². The number of carbonyl (C=O) groups excluding carboxylic acids is 1. The maximum absolute atomic E-state index is 13.1. The van der Waals surface area contributed by atoms with Gasteiger partial charge in [-0.3, -0.25) is 4.79 Å². The first-order valence-electron chi connectivity index (χ1n) is 7.20. The number of alkyl halides is 3. The minimum Gasteiger partial charge on any atom is -0.267 e. The molecule has 24 heavy (non-hydrogen) atoms. The number of likely N-dealkylation sites (N-methyl/N-ethyl adjacent to an activating group) is 1. The molecule has 1 aliphatic rings. The van der Waals surface area contributed by atoms with Crippen LogP contribution in [-0.2, 0) is 4.79 Å². The highest BCUT2D eigenvalue weighted by molar-refractivity contribution is 6.29. The van der Waals surface area contributed by atoms with Gasteiger partial charge in [0.1, 0.15) is 0 Å². The molecule has 0 aliphatic carbocycles. The summed E-state index contributed by atoms with van der Waals surface area (Å²) >= 11 is 0. The molecule has 2 aromatic rings. The van der Waals surface area contributed by atoms with E-state index in [4.69, 9.17) is 0 Å². The van der Waals surface area contributed by atoms with Crippen molar-refractivity contribution < 1.29 is 18.0 Å². The predicted molar refractivity (Wildman–Crippen MR) is 82.4 cm³/mol. The minimum absolute atomic E-state index is 0.0685. The van der Waals surface area contributed by atoms with Crippen molar-refractivity contribution in [3.05, 3.63) is 53.9 Å². The molecule has 0 saturated heterocycles. The smallest absolute Gasteiger partial charge is 0.267 e. The molecule has 1 aliphatic heterocycles. The normalized spacial score (nSPS) is 16.8. The van der Waals surface area contributed by atoms with E-state index in [0.717, 1.165) is 16.8 Å². The summed E-state index contributed by atoms with van der Waals surface area (Å²) in [6, 6.07) is 9.11. The zero-order chi connectivity index (χ0) is 17.3. The van der Waals surface area contributed by atoms with Gasteiger partial charge in [0.25, 0.3) is 5.91 Å². The average molecular weight is 334 g/mol. The number of aromatic nitrogens is 2. The van der Waals surface area contributed by atoms with Gasteiger partial charge in [-0.2, -0.15) is 23.4 Å². The summed E-state index contributed by atoms with van der Waals surface area (Å²) in [6.07, 6.45) is -0.578. The summed E-state index contributed by atoms with van der Waals surface area (Å²) in [6.45, 7) is 1.63. The van der Waals surface area contributed by atoms with Crippen LogP contribution in [0.4, 0.5) is 13.2 Å². The summed E-state index contributed by atoms with van der Waals surface area (Å²) in [7, 11) is 0. The van der Waals surface area contributed by atoms with Crippen molar-refractivity contribution in [1.29, 1.82) is 0 Å². The molecule has 3 rings (SSSR count). The van der Waals surface area contributed by atoms with Crippen LogP contribution in [0.3, 0.4) is 0 Å². The SMILES string of the molecule is CCN1N=C(C(F)(F)F)C(=Cc2cnn(-c3ccccc3)c2)C1=O. The number of amides is 1. The quantitative estimate of drug-likeness (QED) is 0.810. The number of hydrazone groups is 1. The van der Waals surface area contributed by atoms with E-state index in [1.165, 1.54) is 10.9 Å². The Labute approximate surface area is 135 Å². The largest absolute Gasteiger partial charge is 0.435 e. The maximum Gasteiger partial charge on any atom is 0.435 e. The number of para-hydroxylation sites is 1. The molecule has 1 amide bonds. The Morgan fingerprint density at radius 3 is 2.54 bits per heavy atom. The average Bonchev–Trinajstić information content (AvgIpc) is 3.14. The van der Waals surface area contributed by atoms with E-state index in [1.807, 2.05) is 30.3 Å². The summed E-state index contributed by atoms with van der Waals surface area (Å²) in [5.74, 6) is -0.766. The van der Waals surface area contributed by atoms with Crippen molar-refractivity contribution >= 4 is 17.7 Å². The molecular formula is C16H13F3N4O. The first kappa shape index (κ1) is 16.0. The third kappa shape index (κ3) is 2.94. The van der Waals surface area contributed by atoms with E-state index in [1.54, 1.807) is 13.1 Å². The van der Waals surface area contributed by atoms with Gasteiger partial charge < -0.3 is 0 Å². The Balaban J connectivity index is 1.97. The molecular weight excluding hydrogens is 321 g/mol. The number of hydrogen-bond acceptors (Lipinski definition) is 3. The molecule has 2 heterocycles. The topological polar surface area (TPSA) is 50.5 Å². The van der Waals surface area contributed by atoms with E-state index < -0.39 is 23.4 Å². The van der Waals surface area contributed by atoms with Crippen molar-refractivity contribution in [3.8, 4) is 5.69 Å². The Morgan fingerprint density at radius 1 is 1.21 bits per heavy atom. The fourth-order valence-corrected chi connectivity index (χ4v) is 2.31. The lowest BCUT2D eigenvalue weighted by Gasteiger charge is -2.06. The van der Waals surface area contributed by atoms with Crippen molar-refractivity contribution in [2.75, 3.05) is 6.54 Å². The first-order chi connectivity index (χ1) is 11.4. The second kappa shape index (κ2) is 5.95. The first-order valence-corrected chi connectivity index (χ1v) is 7.20. The van der Waals surface area contributed by atoms with Crippen LogP contribution in [-0.4, -0.2) is 39.1 Å². The van der Waals surface area contributed by atoms with Crippen LogP contribution >= 0.6 is 0 Å². The maximum atomic E-state index is 13.1. The summed E-state index contributed by atoms with van der Waals surface area (Å²) in [4.78, 5) is 12.1. The van der Waals surface area contributed by atoms with Crippen LogP contribution in [0.2, 0.25) is 0 Å². The zero-order valence-corrected chi connectivity index (χ0v) is 12.7. The second-order valence-corrected chi connectivity index (χ2v) is 5.08. The molecule has 124 valence electrons. The standard InChI is InChI=1S/C16H13F3N4O/c1-2-22-15(24)13(14(21-22)16(17,18)19)8-11-9-20-23(10-11)12-6-4-3-5-7-12/h3-10H,2H2,1H3. The molecule has 0 unspecified atom stereocenters. The predicted octanol–water partition coefficient (Wildman–Crippen LogP) is 3.04. The fourth-order valence-electron chi connectivity index (χ4n) is 2.31. The number of hydrogen-bond donors (Lipinski definition) is 0. The second-order valence-electron chi connectivity index (χ2n) is 5.08. The molecule has 0 saturated carbocycles. The molecule has 1 aromatic heterocycles. The van der Waals surface area contributed by atoms with Gasteiger partial charge in [0.15, 0.2) is 5.71 Å². The third-order valence-corrected chi connectivity index (χ3v) is 3.44. The summed E-state index contributed by atoms with van der Waals surface area (Å²) < 4.78 is 40.8. The Kier molecular flexibility index (Phi) is 3.96. The Hall–Kier alpha value is -2.90. The van der Waals surface area contributed by atoms with Crippen LogP contribution in [0, 0.1) is 0 Å². The minimum atomic E-state index is -4.69. The highest BCUT2D eigenvalue weighted by Crippen LogP contribution is 2.29. The molecule has 8 heteroatoms. The lowest BCUT2D eigenvalue weighted by Crippen LogP contribution is -2.25. The van der Waals surface area contributed by atoms with E-state index in [9.17, 15) is 18.0 Å². The molecule has 0 spiro atoms. The van der Waals surface area contributed by atoms with Crippen LogP contribution in [0.1, 0.15) is 12.5 Å². The van der Waals surface area contributed by atoms with Gasteiger partial charge in [-0.15, -0.1) is 0 Å². The Morgan fingerprint density at radius 2 is 1.92 bits per heavy atom. The van der Waals surface area contributed by atoms with E-state index in [0.29, 0.717) is 5.56 Å². The van der Waals surface area contributed by atoms with Gasteiger partial charge in [-0.25, -0.2) is 9.69 Å². The van der Waals surface area contributed by atoms with Gasteiger partial charge in [0, 0.05) is 18.3 Å². The van der Waals surface area contributed by atoms with Crippen molar-refractivity contribution in [1.82, 2.24) is 14.8 Å². The number of nitrogens with zero attached hydrogens (tertiary/aromatic N) is 4. The molecule has 5 nitrogen and oxygen atoms in total. The van der Waals surface area contributed by atoms with Crippen molar-refractivity contribution in [3.63, 3.8) is 0 Å². The van der Waals surface area contributed by atoms with Gasteiger partial charge >= 0.3 is 6.18 Å². The number of benzene rings is 1. The Bertz CT molecular complexity index is 821. The molecule has 0 radical (unpaired) electrons. The highest BCUT2D eigenvalue weighted by atomic mass is 19.4. The highest BCUT2D eigenvalue weighted by Gasteiger charge is 2.46. The molecule has 0 atom stereocenters. The van der Waals surface area contributed by atoms with Crippen LogP contribution < -0.4 is 0 Å². The molecule has 1 aromatic carbocycles. The van der Waals surface area contributed by atoms with Gasteiger partial charge in [0.05, 0.1) is 17.5 Å². The van der Waals surface area contributed by atoms with Crippen LogP contribution in [0.15, 0.2) is 53.4 Å². The van der Waals surface area contributed by atoms with Gasteiger partial charge in [-0.1, -0.05) is 18.2 Å². The fraction of sp³-hybridized carbons (Fsp3) is 0.188. The van der Waals surface area contributed by atoms with Crippen LogP contribution in [0.5, 0.6) is 0 Å². The van der Waals surface area contributed by atoms with Crippen LogP contribution in [0.25, 0.3) is 11.8 Å². The molecule has 0 N–H and O–H groups in total. The van der Waals surface area contributed by atoms with E-state index >= 15 is 0 Å². The lowest BCUT2D eigenvalue weighted by atomic mass is 10.1. The number of carbonyl (C=O) groups is 1. The third-order valence-electron chi connectivity index (χ3n) is 3.44. The van der Waals surface area contributed by atoms with E-state index in [2.05, 4.69) is 10.2 Å². The number of halogens is 3. The van der Waals surface area contributed by atoms with Gasteiger partial charge in [0.2, 0.25) is 0 Å². The van der Waals surface area contributed by atoms with Crippen molar-refractivity contribution in [2.24, 2.45) is 5.10 Å². The molecule has 0 bridgehead atoms. The van der Waals surface area contributed by atoms with Gasteiger partial charge in [-0.05, 0) is 25.1 Å². The molecule has 0 fully saturated rings.